The van der Waals surface area contributed by atoms with E-state index in [0.29, 0.717) is 41.4 Å². The van der Waals surface area contributed by atoms with Gasteiger partial charge in [0.1, 0.15) is 12.2 Å². The number of carbonyl (C=O) groups excluding carboxylic acids is 1. The average molecular weight is 429 g/mol. The minimum Gasteiger partial charge on any atom is -0.365 e. The lowest BCUT2D eigenvalue weighted by atomic mass is 9.48. The molecule has 2 saturated carbocycles. The van der Waals surface area contributed by atoms with Crippen molar-refractivity contribution in [1.29, 1.82) is 0 Å². The van der Waals surface area contributed by atoms with E-state index in [1.165, 1.54) is 31.3 Å². The van der Waals surface area contributed by atoms with E-state index in [0.717, 1.165) is 6.42 Å². The Morgan fingerprint density at radius 3 is 2.61 bits per heavy atom. The van der Waals surface area contributed by atoms with Gasteiger partial charge in [0.15, 0.2) is 11.6 Å². The zero-order valence-electron chi connectivity index (χ0n) is 19.8. The molecule has 2 N–H and O–H groups in total. The van der Waals surface area contributed by atoms with Crippen molar-refractivity contribution in [2.75, 3.05) is 0 Å². The van der Waals surface area contributed by atoms with Gasteiger partial charge >= 0.3 is 0 Å². The summed E-state index contributed by atoms with van der Waals surface area (Å²) in [5.74, 6) is 1.36. The summed E-state index contributed by atoms with van der Waals surface area (Å²) >= 11 is 0. The van der Waals surface area contributed by atoms with Crippen molar-refractivity contribution < 1.29 is 19.7 Å². The molecule has 0 bridgehead atoms. The van der Waals surface area contributed by atoms with Crippen molar-refractivity contribution in [3.8, 4) is 0 Å². The number of hydrogen-bond acceptors (Lipinski definition) is 4. The van der Waals surface area contributed by atoms with Crippen molar-refractivity contribution >= 4 is 5.78 Å². The third kappa shape index (κ3) is 3.08. The Morgan fingerprint density at radius 1 is 1.16 bits per heavy atom. The van der Waals surface area contributed by atoms with Gasteiger partial charge in [-0.3, -0.25) is 4.79 Å². The standard InChI is InChI=1S/C27H40O4/c1-15(2)27(29,30)13-10-16(3)19-8-9-20-18-7-6-17-14-22(28)23-24(31-23)26(17,5)21(18)11-12-25(19,20)4/h6-7,14-16,18-21,23-24,29-30H,8-13H2,1-5H3/t16-,18+,19-,20+,21+,23+,24+,25-,26+/m1/s1. The van der Waals surface area contributed by atoms with Gasteiger partial charge < -0.3 is 14.9 Å². The summed E-state index contributed by atoms with van der Waals surface area (Å²) in [5, 5.41) is 20.7. The predicted molar refractivity (Wildman–Crippen MR) is 120 cm³/mol. The Labute approximate surface area is 187 Å². The van der Waals surface area contributed by atoms with Crippen LogP contribution in [0.1, 0.15) is 73.1 Å². The highest BCUT2D eigenvalue weighted by molar-refractivity contribution is 5.98. The first-order chi connectivity index (χ1) is 14.5. The summed E-state index contributed by atoms with van der Waals surface area (Å²) in [5.41, 5.74) is 1.48. The summed E-state index contributed by atoms with van der Waals surface area (Å²) in [6.07, 6.45) is 12.7. The van der Waals surface area contributed by atoms with Crippen molar-refractivity contribution in [1.82, 2.24) is 0 Å². The van der Waals surface area contributed by atoms with E-state index >= 15 is 0 Å². The third-order valence-corrected chi connectivity index (χ3v) is 10.5. The molecule has 1 heterocycles. The van der Waals surface area contributed by atoms with E-state index in [1.807, 2.05) is 19.9 Å². The number of rotatable bonds is 5. The Kier molecular flexibility index (Phi) is 4.94. The van der Waals surface area contributed by atoms with E-state index in [4.69, 9.17) is 4.74 Å². The number of ketones is 1. The van der Waals surface area contributed by atoms with Gasteiger partial charge in [-0.2, -0.15) is 0 Å². The lowest BCUT2D eigenvalue weighted by molar-refractivity contribution is -0.199. The highest BCUT2D eigenvalue weighted by atomic mass is 16.6. The van der Waals surface area contributed by atoms with E-state index in [9.17, 15) is 15.0 Å². The third-order valence-electron chi connectivity index (χ3n) is 10.5. The maximum absolute atomic E-state index is 12.2. The van der Waals surface area contributed by atoms with Crippen LogP contribution in [0.4, 0.5) is 0 Å². The fourth-order valence-electron chi connectivity index (χ4n) is 8.28. The van der Waals surface area contributed by atoms with E-state index < -0.39 is 5.79 Å². The van der Waals surface area contributed by atoms with Gasteiger partial charge in [0.25, 0.3) is 0 Å². The van der Waals surface area contributed by atoms with Gasteiger partial charge in [-0.25, -0.2) is 0 Å². The molecule has 4 aliphatic carbocycles. The van der Waals surface area contributed by atoms with Crippen LogP contribution in [0, 0.1) is 46.3 Å². The number of ether oxygens (including phenoxy) is 1. The van der Waals surface area contributed by atoms with Gasteiger partial charge in [0.05, 0.1) is 0 Å². The molecule has 31 heavy (non-hydrogen) atoms. The van der Waals surface area contributed by atoms with Crippen molar-refractivity contribution in [3.63, 3.8) is 0 Å². The monoisotopic (exact) mass is 428 g/mol. The zero-order valence-corrected chi connectivity index (χ0v) is 19.8. The highest BCUT2D eigenvalue weighted by Gasteiger charge is 2.66. The summed E-state index contributed by atoms with van der Waals surface area (Å²) in [4.78, 5) is 12.2. The molecule has 5 rings (SSSR count). The molecule has 0 amide bonds. The van der Waals surface area contributed by atoms with Crippen LogP contribution in [-0.4, -0.2) is 34.0 Å². The van der Waals surface area contributed by atoms with E-state index in [2.05, 4.69) is 32.9 Å². The molecule has 1 saturated heterocycles. The Hall–Kier alpha value is -0.970. The van der Waals surface area contributed by atoms with E-state index in [1.54, 1.807) is 0 Å². The van der Waals surface area contributed by atoms with Crippen LogP contribution in [0.2, 0.25) is 0 Å². The van der Waals surface area contributed by atoms with Gasteiger partial charge in [-0.05, 0) is 78.8 Å². The van der Waals surface area contributed by atoms with Crippen molar-refractivity contribution in [2.24, 2.45) is 46.3 Å². The normalized spacial score (nSPS) is 46.7. The molecule has 0 unspecified atom stereocenters. The maximum Gasteiger partial charge on any atom is 0.187 e. The minimum absolute atomic E-state index is 0.0202. The van der Waals surface area contributed by atoms with Gasteiger partial charge in [-0.15, -0.1) is 0 Å². The second-order valence-corrected chi connectivity index (χ2v) is 12.2. The molecular weight excluding hydrogens is 388 g/mol. The fourth-order valence-corrected chi connectivity index (χ4v) is 8.28. The second kappa shape index (κ2) is 7.01. The van der Waals surface area contributed by atoms with Crippen LogP contribution in [0.15, 0.2) is 23.8 Å². The number of aliphatic hydroxyl groups is 2. The maximum atomic E-state index is 12.2. The molecule has 5 aliphatic rings. The van der Waals surface area contributed by atoms with Gasteiger partial charge in [0, 0.05) is 17.8 Å². The van der Waals surface area contributed by atoms with Crippen LogP contribution in [0.25, 0.3) is 0 Å². The first-order valence-corrected chi connectivity index (χ1v) is 12.5. The lowest BCUT2D eigenvalue weighted by Crippen LogP contribution is -2.52. The molecule has 0 aromatic heterocycles. The van der Waals surface area contributed by atoms with Crippen LogP contribution < -0.4 is 0 Å². The molecule has 1 aliphatic heterocycles. The Morgan fingerprint density at radius 2 is 1.90 bits per heavy atom. The predicted octanol–water partition coefficient (Wildman–Crippen LogP) is 4.65. The topological polar surface area (TPSA) is 70.1 Å². The fraction of sp³-hybridized carbons (Fsp3) is 0.815. The number of allylic oxidation sites excluding steroid dienone is 2. The lowest BCUT2D eigenvalue weighted by Gasteiger charge is -2.56. The molecule has 4 heteroatoms. The molecule has 4 nitrogen and oxygen atoms in total. The summed E-state index contributed by atoms with van der Waals surface area (Å²) in [6, 6.07) is 0. The van der Waals surface area contributed by atoms with Crippen molar-refractivity contribution in [2.45, 2.75) is 91.1 Å². The largest absolute Gasteiger partial charge is 0.365 e. The molecule has 0 spiro atoms. The molecular formula is C27H40O4. The molecule has 0 radical (unpaired) electrons. The van der Waals surface area contributed by atoms with Gasteiger partial charge in [-0.1, -0.05) is 46.8 Å². The number of carbonyl (C=O) groups is 1. The molecule has 0 aromatic rings. The SMILES string of the molecule is CC(C)C(O)(O)CC[C@@H](C)[C@H]1CC[C@H]2[C@@H]3C=CC4=CC(=O)[C@@H]5O[C@@H]5[C@]4(C)[C@H]3CC[C@]12C. The zero-order chi connectivity index (χ0) is 22.3. The first-order valence-electron chi connectivity index (χ1n) is 12.5. The number of epoxide rings is 1. The van der Waals surface area contributed by atoms with Crippen LogP contribution in [0.3, 0.4) is 0 Å². The highest BCUT2D eigenvalue weighted by Crippen LogP contribution is 2.68. The summed E-state index contributed by atoms with van der Waals surface area (Å²) in [7, 11) is 0. The van der Waals surface area contributed by atoms with Crippen molar-refractivity contribution in [3.05, 3.63) is 23.8 Å². The van der Waals surface area contributed by atoms with Gasteiger partial charge in [0.2, 0.25) is 0 Å². The summed E-state index contributed by atoms with van der Waals surface area (Å²) in [6.45, 7) is 10.9. The molecule has 0 aromatic carbocycles. The Bertz CT molecular complexity index is 825. The van der Waals surface area contributed by atoms with Crippen LogP contribution in [0.5, 0.6) is 0 Å². The second-order valence-electron chi connectivity index (χ2n) is 12.2. The number of hydrogen-bond donors (Lipinski definition) is 2. The average Bonchev–Trinajstić information content (AvgIpc) is 3.45. The molecule has 172 valence electrons. The molecule has 9 atom stereocenters. The smallest absolute Gasteiger partial charge is 0.187 e. The minimum atomic E-state index is -1.56. The first kappa shape index (κ1) is 21.9. The van der Waals surface area contributed by atoms with Crippen LogP contribution >= 0.6 is 0 Å². The van der Waals surface area contributed by atoms with Crippen LogP contribution in [-0.2, 0) is 9.53 Å². The number of fused-ring (bicyclic) bond motifs is 7. The van der Waals surface area contributed by atoms with E-state index in [-0.39, 0.29) is 29.3 Å². The Balaban J connectivity index is 1.36. The quantitative estimate of drug-likeness (QED) is 0.494. The molecule has 3 fully saturated rings. The summed E-state index contributed by atoms with van der Waals surface area (Å²) < 4.78 is 5.91.